The number of methoxy groups -OCH3 is 1. The Balaban J connectivity index is 2.95. The lowest BCUT2D eigenvalue weighted by Crippen LogP contribution is -1.98. The maximum Gasteiger partial charge on any atom is 0.0730 e. The molecule has 1 aromatic rings. The lowest BCUT2D eigenvalue weighted by atomic mass is 10.1. The molecule has 2 heteroatoms. The third kappa shape index (κ3) is 2.05. The highest BCUT2D eigenvalue weighted by Gasteiger charge is 2.01. The molecule has 0 unspecified atom stereocenters. The molecule has 0 bridgehead atoms. The molecule has 1 rings (SSSR count). The van der Waals surface area contributed by atoms with E-state index in [0.717, 1.165) is 12.1 Å². The molecule has 0 atom stereocenters. The van der Waals surface area contributed by atoms with Crippen LogP contribution in [-0.2, 0) is 17.8 Å². The van der Waals surface area contributed by atoms with Crippen molar-refractivity contribution in [1.82, 2.24) is 4.98 Å². The molecule has 0 N–H and O–H groups in total. The molecule has 0 fully saturated rings. The molecule has 0 amide bonds. The number of nitrogens with zero attached hydrogens (tertiary/aromatic N) is 1. The molecule has 1 heterocycles. The highest BCUT2D eigenvalue weighted by Crippen LogP contribution is 2.09. The van der Waals surface area contributed by atoms with Crippen LogP contribution in [0.1, 0.15) is 23.7 Å². The van der Waals surface area contributed by atoms with Gasteiger partial charge in [-0.15, -0.1) is 0 Å². The van der Waals surface area contributed by atoms with Gasteiger partial charge >= 0.3 is 0 Å². The summed E-state index contributed by atoms with van der Waals surface area (Å²) in [5, 5.41) is 0. The smallest absolute Gasteiger partial charge is 0.0730 e. The predicted molar refractivity (Wildman–Crippen MR) is 49.1 cm³/mol. The monoisotopic (exact) mass is 165 g/mol. The van der Waals surface area contributed by atoms with E-state index in [1.165, 1.54) is 11.1 Å². The van der Waals surface area contributed by atoms with Gasteiger partial charge in [0.25, 0.3) is 0 Å². The summed E-state index contributed by atoms with van der Waals surface area (Å²) < 4.78 is 5.09. The van der Waals surface area contributed by atoms with Gasteiger partial charge < -0.3 is 4.74 Å². The molecule has 1 aromatic heterocycles. The van der Waals surface area contributed by atoms with E-state index in [-0.39, 0.29) is 0 Å². The van der Waals surface area contributed by atoms with Crippen molar-refractivity contribution in [2.75, 3.05) is 7.11 Å². The molecule has 12 heavy (non-hydrogen) atoms. The van der Waals surface area contributed by atoms with Gasteiger partial charge in [-0.2, -0.15) is 0 Å². The quantitative estimate of drug-likeness (QED) is 0.684. The standard InChI is InChI=1S/C10H15NO/c1-4-10-9(7-12-3)5-8(2)6-11-10/h5-6H,4,7H2,1-3H3. The molecule has 0 aliphatic heterocycles. The fourth-order valence-electron chi connectivity index (χ4n) is 1.26. The summed E-state index contributed by atoms with van der Waals surface area (Å²) in [5.74, 6) is 0. The minimum atomic E-state index is 0.665. The lowest BCUT2D eigenvalue weighted by molar-refractivity contribution is 0.183. The van der Waals surface area contributed by atoms with E-state index in [4.69, 9.17) is 4.74 Å². The van der Waals surface area contributed by atoms with Crippen LogP contribution in [0.4, 0.5) is 0 Å². The van der Waals surface area contributed by atoms with E-state index >= 15 is 0 Å². The van der Waals surface area contributed by atoms with E-state index in [1.807, 2.05) is 13.1 Å². The van der Waals surface area contributed by atoms with E-state index in [0.29, 0.717) is 6.61 Å². The number of hydrogen-bond donors (Lipinski definition) is 0. The van der Waals surface area contributed by atoms with Gasteiger partial charge in [-0.3, -0.25) is 4.98 Å². The molecule has 0 aromatic carbocycles. The first kappa shape index (κ1) is 9.20. The number of pyridine rings is 1. The van der Waals surface area contributed by atoms with Gasteiger partial charge in [0, 0.05) is 19.0 Å². The number of aromatic nitrogens is 1. The van der Waals surface area contributed by atoms with Crippen LogP contribution >= 0.6 is 0 Å². The Kier molecular flexibility index (Phi) is 3.23. The van der Waals surface area contributed by atoms with Crippen molar-refractivity contribution < 1.29 is 4.74 Å². The fourth-order valence-corrected chi connectivity index (χ4v) is 1.26. The van der Waals surface area contributed by atoms with E-state index in [9.17, 15) is 0 Å². The Morgan fingerprint density at radius 2 is 2.25 bits per heavy atom. The van der Waals surface area contributed by atoms with E-state index in [2.05, 4.69) is 18.0 Å². The molecule has 0 saturated carbocycles. The lowest BCUT2D eigenvalue weighted by Gasteiger charge is -2.06. The van der Waals surface area contributed by atoms with Crippen molar-refractivity contribution in [3.05, 3.63) is 29.1 Å². The van der Waals surface area contributed by atoms with Gasteiger partial charge in [-0.05, 0) is 24.5 Å². The van der Waals surface area contributed by atoms with Crippen molar-refractivity contribution in [1.29, 1.82) is 0 Å². The maximum atomic E-state index is 5.09. The fraction of sp³-hybridized carbons (Fsp3) is 0.500. The molecule has 2 nitrogen and oxygen atoms in total. The first-order valence-corrected chi connectivity index (χ1v) is 4.21. The van der Waals surface area contributed by atoms with Crippen LogP contribution in [0.5, 0.6) is 0 Å². The van der Waals surface area contributed by atoms with Gasteiger partial charge in [0.05, 0.1) is 6.61 Å². The second-order valence-electron chi connectivity index (χ2n) is 2.91. The normalized spacial score (nSPS) is 10.2. The minimum absolute atomic E-state index is 0.665. The Morgan fingerprint density at radius 1 is 1.50 bits per heavy atom. The summed E-state index contributed by atoms with van der Waals surface area (Å²) in [4.78, 5) is 4.34. The van der Waals surface area contributed by atoms with Crippen molar-refractivity contribution in [3.8, 4) is 0 Å². The zero-order chi connectivity index (χ0) is 8.97. The van der Waals surface area contributed by atoms with Gasteiger partial charge in [-0.25, -0.2) is 0 Å². The van der Waals surface area contributed by atoms with Crippen LogP contribution in [0.15, 0.2) is 12.3 Å². The zero-order valence-corrected chi connectivity index (χ0v) is 7.92. The summed E-state index contributed by atoms with van der Waals surface area (Å²) in [7, 11) is 1.71. The van der Waals surface area contributed by atoms with Crippen molar-refractivity contribution in [2.24, 2.45) is 0 Å². The summed E-state index contributed by atoms with van der Waals surface area (Å²) in [6.45, 7) is 4.82. The molecule has 0 aliphatic rings. The Morgan fingerprint density at radius 3 is 2.83 bits per heavy atom. The second-order valence-corrected chi connectivity index (χ2v) is 2.91. The highest BCUT2D eigenvalue weighted by molar-refractivity contribution is 5.23. The van der Waals surface area contributed by atoms with Crippen molar-refractivity contribution in [2.45, 2.75) is 26.9 Å². The third-order valence-corrected chi connectivity index (χ3v) is 1.83. The predicted octanol–water partition coefficient (Wildman–Crippen LogP) is 2.10. The Bertz CT molecular complexity index is 258. The minimum Gasteiger partial charge on any atom is -0.380 e. The van der Waals surface area contributed by atoms with E-state index < -0.39 is 0 Å². The topological polar surface area (TPSA) is 22.1 Å². The van der Waals surface area contributed by atoms with Gasteiger partial charge in [-0.1, -0.05) is 13.0 Å². The number of aryl methyl sites for hydroxylation is 2. The molecule has 66 valence electrons. The van der Waals surface area contributed by atoms with Gasteiger partial charge in [0.15, 0.2) is 0 Å². The summed E-state index contributed by atoms with van der Waals surface area (Å²) >= 11 is 0. The largest absolute Gasteiger partial charge is 0.380 e. The van der Waals surface area contributed by atoms with Gasteiger partial charge in [0.1, 0.15) is 0 Å². The van der Waals surface area contributed by atoms with Crippen LogP contribution in [0.3, 0.4) is 0 Å². The molecule has 0 spiro atoms. The molecular weight excluding hydrogens is 150 g/mol. The highest BCUT2D eigenvalue weighted by atomic mass is 16.5. The first-order chi connectivity index (χ1) is 5.77. The average molecular weight is 165 g/mol. The molecule has 0 radical (unpaired) electrons. The van der Waals surface area contributed by atoms with E-state index in [1.54, 1.807) is 7.11 Å². The van der Waals surface area contributed by atoms with Crippen LogP contribution in [0.25, 0.3) is 0 Å². The molecule has 0 aliphatic carbocycles. The van der Waals surface area contributed by atoms with Crippen molar-refractivity contribution >= 4 is 0 Å². The van der Waals surface area contributed by atoms with Crippen LogP contribution in [0, 0.1) is 6.92 Å². The Labute approximate surface area is 73.6 Å². The maximum absolute atomic E-state index is 5.09. The number of hydrogen-bond acceptors (Lipinski definition) is 2. The molecular formula is C10H15NO. The molecule has 0 saturated heterocycles. The summed E-state index contributed by atoms with van der Waals surface area (Å²) in [5.41, 5.74) is 3.54. The average Bonchev–Trinajstić information content (AvgIpc) is 2.05. The number of rotatable bonds is 3. The zero-order valence-electron chi connectivity index (χ0n) is 7.92. The van der Waals surface area contributed by atoms with Crippen LogP contribution in [0.2, 0.25) is 0 Å². The first-order valence-electron chi connectivity index (χ1n) is 4.21. The second kappa shape index (κ2) is 4.21. The third-order valence-electron chi connectivity index (χ3n) is 1.83. The van der Waals surface area contributed by atoms with Crippen molar-refractivity contribution in [3.63, 3.8) is 0 Å². The van der Waals surface area contributed by atoms with Crippen LogP contribution < -0.4 is 0 Å². The summed E-state index contributed by atoms with van der Waals surface area (Å²) in [6.07, 6.45) is 2.87. The number of ether oxygens (including phenoxy) is 1. The summed E-state index contributed by atoms with van der Waals surface area (Å²) in [6, 6.07) is 2.13. The van der Waals surface area contributed by atoms with Gasteiger partial charge in [0.2, 0.25) is 0 Å². The Hall–Kier alpha value is -0.890. The van der Waals surface area contributed by atoms with Crippen LogP contribution in [-0.4, -0.2) is 12.1 Å². The SMILES string of the molecule is CCc1ncc(C)cc1COC.